The number of nitrogens with one attached hydrogen (secondary N) is 1. The van der Waals surface area contributed by atoms with Crippen molar-refractivity contribution in [3.63, 3.8) is 0 Å². The van der Waals surface area contributed by atoms with Gasteiger partial charge in [-0.3, -0.25) is 9.59 Å². The molecule has 7 heteroatoms. The highest BCUT2D eigenvalue weighted by molar-refractivity contribution is 6.14. The maximum absolute atomic E-state index is 12.8. The minimum atomic E-state index is -0.710. The van der Waals surface area contributed by atoms with Crippen LogP contribution < -0.4 is 5.32 Å². The lowest BCUT2D eigenvalue weighted by Crippen LogP contribution is -2.53. The van der Waals surface area contributed by atoms with E-state index in [-0.39, 0.29) is 71.2 Å². The molecule has 6 rings (SSSR count). The number of carbonyl (C=O) groups excluding carboxylic acids is 2. The quantitative estimate of drug-likeness (QED) is 0.150. The van der Waals surface area contributed by atoms with Crippen molar-refractivity contribution in [3.8, 4) is 5.75 Å². The molecule has 11 atom stereocenters. The predicted molar refractivity (Wildman–Crippen MR) is 164 cm³/mol. The molecule has 0 unspecified atom stereocenters. The first kappa shape index (κ1) is 30.4. The summed E-state index contributed by atoms with van der Waals surface area (Å²) in [6.07, 6.45) is 10.8. The summed E-state index contributed by atoms with van der Waals surface area (Å²) in [6.45, 7) is 11.0. The van der Waals surface area contributed by atoms with Crippen molar-refractivity contribution in [2.75, 3.05) is 0 Å². The van der Waals surface area contributed by atoms with Crippen LogP contribution >= 0.6 is 0 Å². The molecule has 4 fully saturated rings. The minimum Gasteiger partial charge on any atom is -0.510 e. The number of hydrogen-bond donors (Lipinski definition) is 3. The zero-order chi connectivity index (χ0) is 30.6. The molecule has 0 aromatic heterocycles. The zero-order valence-electron chi connectivity index (χ0n) is 26.3. The van der Waals surface area contributed by atoms with Gasteiger partial charge in [0.1, 0.15) is 17.2 Å². The van der Waals surface area contributed by atoms with Crippen LogP contribution in [0.2, 0.25) is 0 Å². The number of hydrogen-bond acceptors (Lipinski definition) is 6. The molecule has 1 aromatic rings. The van der Waals surface area contributed by atoms with Crippen molar-refractivity contribution in [2.24, 2.45) is 47.3 Å². The number of amides is 1. The standard InChI is InChI=1S/C36H49NO6/c1-19-14-26(16-27(38)15-19)35-21(3)12-13-36(43-35)22(4)7-11-28(42-36)17-25-10-9-24-8-6-20(2)23(5)31(24)32(25)34(41)33-29(39)18-30(40)37-33/h9-10,14-16,20-25,28,31-32,35,38,41H,6-8,11-13,17-18H2,1-5H3,(H,37,40)/t20-,21-,22-,23+,24+,25+,28-,31+,32+,35-,36+/m1/s1. The number of rotatable bonds is 4. The molecule has 1 aromatic carbocycles. The van der Waals surface area contributed by atoms with Crippen molar-refractivity contribution < 1.29 is 29.3 Å². The molecular weight excluding hydrogens is 542 g/mol. The molecule has 43 heavy (non-hydrogen) atoms. The number of phenols is 1. The van der Waals surface area contributed by atoms with Crippen LogP contribution in [0.25, 0.3) is 0 Å². The molecule has 3 N–H and O–H groups in total. The molecule has 3 aliphatic heterocycles. The van der Waals surface area contributed by atoms with E-state index in [2.05, 4.69) is 51.2 Å². The molecule has 2 aliphatic carbocycles. The Balaban J connectivity index is 1.28. The average molecular weight is 592 g/mol. The number of aliphatic hydroxyl groups excluding tert-OH is 1. The van der Waals surface area contributed by atoms with E-state index >= 15 is 0 Å². The number of aliphatic hydroxyl groups is 1. The lowest BCUT2D eigenvalue weighted by Gasteiger charge is -2.52. The van der Waals surface area contributed by atoms with Crippen molar-refractivity contribution >= 4 is 11.7 Å². The van der Waals surface area contributed by atoms with E-state index < -0.39 is 5.79 Å². The van der Waals surface area contributed by atoms with Gasteiger partial charge in [0, 0.05) is 18.3 Å². The Morgan fingerprint density at radius 2 is 1.77 bits per heavy atom. The summed E-state index contributed by atoms with van der Waals surface area (Å²) in [5.74, 6) is 0.622. The van der Waals surface area contributed by atoms with Crippen molar-refractivity contribution in [1.29, 1.82) is 0 Å². The molecule has 0 radical (unpaired) electrons. The van der Waals surface area contributed by atoms with Crippen LogP contribution in [-0.2, 0) is 19.1 Å². The molecular formula is C36H49NO6. The normalized spacial score (nSPS) is 42.5. The number of ketones is 1. The number of allylic oxidation sites excluding steroid dienone is 4. The molecule has 3 saturated heterocycles. The van der Waals surface area contributed by atoms with Crippen LogP contribution in [0.5, 0.6) is 5.75 Å². The Morgan fingerprint density at radius 3 is 2.49 bits per heavy atom. The summed E-state index contributed by atoms with van der Waals surface area (Å²) in [7, 11) is 0. The molecule has 5 aliphatic rings. The molecule has 1 spiro atoms. The second-order valence-corrected chi connectivity index (χ2v) is 14.6. The smallest absolute Gasteiger partial charge is 0.232 e. The lowest BCUT2D eigenvalue weighted by molar-refractivity contribution is -0.348. The number of Topliss-reactive ketones (excluding diaryl/α,β-unsaturated/α-hetero) is 1. The van der Waals surface area contributed by atoms with Gasteiger partial charge in [0.15, 0.2) is 11.6 Å². The number of benzene rings is 1. The second-order valence-electron chi connectivity index (χ2n) is 14.6. The van der Waals surface area contributed by atoms with Gasteiger partial charge in [-0.05, 0) is 104 Å². The van der Waals surface area contributed by atoms with E-state index in [4.69, 9.17) is 9.47 Å². The number of carbonyl (C=O) groups is 2. The van der Waals surface area contributed by atoms with E-state index in [1.165, 1.54) is 0 Å². The Kier molecular flexibility index (Phi) is 8.27. The molecule has 1 amide bonds. The van der Waals surface area contributed by atoms with E-state index in [1.54, 1.807) is 6.07 Å². The number of aromatic hydroxyl groups is 1. The fourth-order valence-corrected chi connectivity index (χ4v) is 9.01. The van der Waals surface area contributed by atoms with Gasteiger partial charge in [-0.2, -0.15) is 0 Å². The zero-order valence-corrected chi connectivity index (χ0v) is 26.3. The van der Waals surface area contributed by atoms with Crippen molar-refractivity contribution in [1.82, 2.24) is 5.32 Å². The van der Waals surface area contributed by atoms with Gasteiger partial charge in [-0.1, -0.05) is 45.9 Å². The maximum atomic E-state index is 12.8. The Hall–Kier alpha value is -2.64. The third kappa shape index (κ3) is 5.68. The van der Waals surface area contributed by atoms with E-state index in [0.717, 1.165) is 49.7 Å². The number of aryl methyl sites for hydroxylation is 1. The molecule has 7 nitrogen and oxygen atoms in total. The molecule has 0 bridgehead atoms. The number of ether oxygens (including phenoxy) is 2. The highest BCUT2D eigenvalue weighted by Gasteiger charge is 2.52. The van der Waals surface area contributed by atoms with Crippen LogP contribution in [0.1, 0.15) is 96.3 Å². The van der Waals surface area contributed by atoms with Crippen LogP contribution in [0.4, 0.5) is 0 Å². The van der Waals surface area contributed by atoms with E-state index in [0.29, 0.717) is 30.1 Å². The van der Waals surface area contributed by atoms with Crippen molar-refractivity contribution in [2.45, 2.75) is 104 Å². The van der Waals surface area contributed by atoms with Gasteiger partial charge in [0.25, 0.3) is 0 Å². The van der Waals surface area contributed by atoms with E-state index in [1.807, 2.05) is 13.0 Å². The largest absolute Gasteiger partial charge is 0.510 e. The van der Waals surface area contributed by atoms with Crippen LogP contribution in [-0.4, -0.2) is 33.8 Å². The fraction of sp³-hybridized carbons (Fsp3) is 0.667. The summed E-state index contributed by atoms with van der Waals surface area (Å²) in [5, 5.41) is 24.8. The monoisotopic (exact) mass is 591 g/mol. The summed E-state index contributed by atoms with van der Waals surface area (Å²) >= 11 is 0. The fourth-order valence-electron chi connectivity index (χ4n) is 9.01. The van der Waals surface area contributed by atoms with Crippen molar-refractivity contribution in [3.05, 3.63) is 52.9 Å². The van der Waals surface area contributed by atoms with E-state index in [9.17, 15) is 19.8 Å². The van der Waals surface area contributed by atoms with Gasteiger partial charge >= 0.3 is 0 Å². The molecule has 3 heterocycles. The number of fused-ring (bicyclic) bond motifs is 1. The third-order valence-corrected chi connectivity index (χ3v) is 11.7. The van der Waals surface area contributed by atoms with Gasteiger partial charge in [0.05, 0.1) is 18.6 Å². The van der Waals surface area contributed by atoms with Gasteiger partial charge < -0.3 is 25.0 Å². The SMILES string of the molecule is Cc1cc(O)cc([C@@H]2O[C@]3(CC[C@H]2C)O[C@@H](C[C@@H]2C=C[C@@H]4CC[C@@H](C)[C@H](C)[C@@H]4[C@H]2C(O)=C2NC(=O)CC2=O)CC[C@H]3C)c1. The summed E-state index contributed by atoms with van der Waals surface area (Å²) in [5.41, 5.74) is 2.10. The van der Waals surface area contributed by atoms with Gasteiger partial charge in [0.2, 0.25) is 5.91 Å². The third-order valence-electron chi connectivity index (χ3n) is 11.7. The lowest BCUT2D eigenvalue weighted by atomic mass is 9.57. The highest BCUT2D eigenvalue weighted by atomic mass is 16.7. The summed E-state index contributed by atoms with van der Waals surface area (Å²) < 4.78 is 14.0. The highest BCUT2D eigenvalue weighted by Crippen LogP contribution is 2.54. The van der Waals surface area contributed by atoms with Gasteiger partial charge in [-0.25, -0.2) is 0 Å². The van der Waals surface area contributed by atoms with Crippen LogP contribution in [0.3, 0.4) is 0 Å². The Labute approximate surface area is 256 Å². The first-order valence-corrected chi connectivity index (χ1v) is 16.6. The molecule has 1 saturated carbocycles. The predicted octanol–water partition coefficient (Wildman–Crippen LogP) is 7.05. The number of phenolic OH excluding ortho intramolecular Hbond substituents is 1. The molecule has 234 valence electrons. The first-order valence-electron chi connectivity index (χ1n) is 16.6. The Bertz CT molecular complexity index is 1300. The first-order chi connectivity index (χ1) is 20.5. The van der Waals surface area contributed by atoms with Gasteiger partial charge in [-0.15, -0.1) is 0 Å². The van der Waals surface area contributed by atoms with Crippen LogP contribution in [0, 0.1) is 54.3 Å². The second kappa shape index (κ2) is 11.7. The summed E-state index contributed by atoms with van der Waals surface area (Å²) in [4.78, 5) is 24.9. The topological polar surface area (TPSA) is 105 Å². The Morgan fingerprint density at radius 1 is 0.977 bits per heavy atom. The summed E-state index contributed by atoms with van der Waals surface area (Å²) in [6, 6.07) is 5.69. The van der Waals surface area contributed by atoms with Crippen LogP contribution in [0.15, 0.2) is 41.8 Å². The maximum Gasteiger partial charge on any atom is 0.232 e. The minimum absolute atomic E-state index is 0.0192. The average Bonchev–Trinajstić information content (AvgIpc) is 3.30.